The third kappa shape index (κ3) is 4.75. The van der Waals surface area contributed by atoms with Crippen LogP contribution in [0.3, 0.4) is 0 Å². The summed E-state index contributed by atoms with van der Waals surface area (Å²) in [6.45, 7) is 5.63. The van der Waals surface area contributed by atoms with E-state index < -0.39 is 5.60 Å². The highest BCUT2D eigenvalue weighted by Gasteiger charge is 2.49. The van der Waals surface area contributed by atoms with Crippen LogP contribution in [0.2, 0.25) is 0 Å². The number of carbonyl (C=O) groups is 2. The first-order valence-corrected chi connectivity index (χ1v) is 12.7. The summed E-state index contributed by atoms with van der Waals surface area (Å²) in [5, 5.41) is 7.24. The average Bonchev–Trinajstić information content (AvgIpc) is 3.51. The molecule has 4 N–H and O–H groups in total. The number of nitrogens with zero attached hydrogens (tertiary/aromatic N) is 1. The van der Waals surface area contributed by atoms with Gasteiger partial charge in [0.25, 0.3) is 5.91 Å². The molecular formula is C27H30N4O3S. The number of nitrogen functional groups attached to an aromatic ring is 1. The highest BCUT2D eigenvalue weighted by Crippen LogP contribution is 2.55. The number of para-hydroxylation sites is 2. The van der Waals surface area contributed by atoms with Gasteiger partial charge in [0.15, 0.2) is 0 Å². The normalized spacial score (nSPS) is 18.2. The fourth-order valence-electron chi connectivity index (χ4n) is 4.40. The zero-order valence-corrected chi connectivity index (χ0v) is 21.0. The Balaban J connectivity index is 1.30. The summed E-state index contributed by atoms with van der Waals surface area (Å²) in [6.07, 6.45) is 3.54. The van der Waals surface area contributed by atoms with Gasteiger partial charge in [-0.1, -0.05) is 24.3 Å². The maximum absolute atomic E-state index is 12.7. The van der Waals surface area contributed by atoms with Crippen LogP contribution in [0, 0.1) is 0 Å². The highest BCUT2D eigenvalue weighted by molar-refractivity contribution is 7.12. The van der Waals surface area contributed by atoms with E-state index in [2.05, 4.69) is 10.6 Å². The van der Waals surface area contributed by atoms with Gasteiger partial charge in [0.2, 0.25) is 0 Å². The number of nitrogens with two attached hydrogens (primary N) is 1. The smallest absolute Gasteiger partial charge is 0.329 e. The second kappa shape index (κ2) is 8.68. The molecule has 35 heavy (non-hydrogen) atoms. The predicted molar refractivity (Wildman–Crippen MR) is 139 cm³/mol. The molecule has 0 spiro atoms. The van der Waals surface area contributed by atoms with Gasteiger partial charge in [0, 0.05) is 15.9 Å². The number of aromatic nitrogens is 1. The van der Waals surface area contributed by atoms with Crippen molar-refractivity contribution in [2.45, 2.75) is 63.5 Å². The summed E-state index contributed by atoms with van der Waals surface area (Å²) in [6, 6.07) is 14.6. The van der Waals surface area contributed by atoms with E-state index in [0.29, 0.717) is 23.4 Å². The highest BCUT2D eigenvalue weighted by atomic mass is 32.1. The minimum Gasteiger partial charge on any atom is -0.458 e. The van der Waals surface area contributed by atoms with Crippen molar-refractivity contribution >= 4 is 40.4 Å². The van der Waals surface area contributed by atoms with Crippen LogP contribution in [0.25, 0.3) is 0 Å². The summed E-state index contributed by atoms with van der Waals surface area (Å²) >= 11 is 1.72. The Bertz CT molecular complexity index is 1270. The first-order valence-electron chi connectivity index (χ1n) is 11.9. The molecule has 1 aliphatic heterocycles. The van der Waals surface area contributed by atoms with Crippen LogP contribution >= 0.6 is 11.3 Å². The molecule has 1 saturated carbocycles. The lowest BCUT2D eigenvalue weighted by atomic mass is 9.95. The molecule has 1 aliphatic carbocycles. The number of thiazole rings is 1. The third-order valence-electron chi connectivity index (χ3n) is 6.43. The van der Waals surface area contributed by atoms with Crippen LogP contribution in [0.15, 0.2) is 48.5 Å². The molecular weight excluding hydrogens is 460 g/mol. The van der Waals surface area contributed by atoms with E-state index in [0.717, 1.165) is 35.7 Å². The number of fused-ring (bicyclic) bond motifs is 1. The van der Waals surface area contributed by atoms with E-state index in [1.807, 2.05) is 57.2 Å². The van der Waals surface area contributed by atoms with Gasteiger partial charge in [-0.2, -0.15) is 0 Å². The second-order valence-corrected chi connectivity index (χ2v) is 11.3. The number of aryl methyl sites for hydroxylation is 1. The summed E-state index contributed by atoms with van der Waals surface area (Å²) in [4.78, 5) is 31.3. The van der Waals surface area contributed by atoms with Gasteiger partial charge in [0.1, 0.15) is 22.5 Å². The second-order valence-electron chi connectivity index (χ2n) is 10.3. The number of esters is 1. The van der Waals surface area contributed by atoms with Crippen LogP contribution in [0.1, 0.15) is 65.8 Å². The number of rotatable bonds is 5. The summed E-state index contributed by atoms with van der Waals surface area (Å²) < 4.78 is 5.56. The number of anilines is 3. The Kier molecular flexibility index (Phi) is 5.79. The SMILES string of the molecule is CC(C)(C)OC(=O)C1CCc2sc(C3(c4ccc(C(=O)Nc5ccccc5N)cc4)CC3)nc2N1. The zero-order valence-electron chi connectivity index (χ0n) is 20.2. The third-order valence-corrected chi connectivity index (χ3v) is 7.75. The van der Waals surface area contributed by atoms with E-state index >= 15 is 0 Å². The molecule has 1 atom stereocenters. The Morgan fingerprint density at radius 2 is 1.86 bits per heavy atom. The van der Waals surface area contributed by atoms with Gasteiger partial charge in [-0.3, -0.25) is 4.79 Å². The van der Waals surface area contributed by atoms with Crippen LogP contribution in [0.4, 0.5) is 17.2 Å². The van der Waals surface area contributed by atoms with Crippen LogP contribution in [-0.2, 0) is 21.4 Å². The maximum atomic E-state index is 12.7. The van der Waals surface area contributed by atoms with Crippen molar-refractivity contribution in [2.24, 2.45) is 0 Å². The number of amides is 1. The molecule has 2 aliphatic rings. The number of hydrogen-bond acceptors (Lipinski definition) is 7. The number of carbonyl (C=O) groups excluding carboxylic acids is 2. The summed E-state index contributed by atoms with van der Waals surface area (Å²) in [5.74, 6) is 0.376. The van der Waals surface area contributed by atoms with Gasteiger partial charge in [-0.05, 0) is 76.3 Å². The lowest BCUT2D eigenvalue weighted by molar-refractivity contribution is -0.156. The molecule has 1 amide bonds. The van der Waals surface area contributed by atoms with E-state index in [-0.39, 0.29) is 23.3 Å². The molecule has 8 heteroatoms. The Morgan fingerprint density at radius 3 is 2.51 bits per heavy atom. The van der Waals surface area contributed by atoms with Crippen molar-refractivity contribution in [1.29, 1.82) is 0 Å². The molecule has 1 unspecified atom stereocenters. The predicted octanol–water partition coefficient (Wildman–Crippen LogP) is 5.13. The van der Waals surface area contributed by atoms with E-state index in [1.165, 1.54) is 4.88 Å². The van der Waals surface area contributed by atoms with Crippen molar-refractivity contribution in [3.05, 3.63) is 69.5 Å². The first-order chi connectivity index (χ1) is 16.6. The quantitative estimate of drug-likeness (QED) is 0.338. The van der Waals surface area contributed by atoms with Gasteiger partial charge >= 0.3 is 5.97 Å². The zero-order chi connectivity index (χ0) is 24.8. The minimum absolute atomic E-state index is 0.121. The Labute approximate surface area is 209 Å². The molecule has 0 bridgehead atoms. The molecule has 2 heterocycles. The van der Waals surface area contributed by atoms with Crippen molar-refractivity contribution in [3.8, 4) is 0 Å². The van der Waals surface area contributed by atoms with Crippen molar-refractivity contribution in [2.75, 3.05) is 16.4 Å². The number of hydrogen-bond donors (Lipinski definition) is 3. The number of ether oxygens (including phenoxy) is 1. The molecule has 7 nitrogen and oxygen atoms in total. The summed E-state index contributed by atoms with van der Waals surface area (Å²) in [7, 11) is 0. The molecule has 0 radical (unpaired) electrons. The van der Waals surface area contributed by atoms with Gasteiger partial charge in [-0.15, -0.1) is 11.3 Å². The standard InChI is InChI=1S/C27H30N4O3S/c1-26(2,3)34-24(33)20-12-13-21-22(29-20)31-25(35-21)27(14-15-27)17-10-8-16(9-11-17)23(32)30-19-7-5-4-6-18(19)28/h4-11,20,29H,12-15,28H2,1-3H3,(H,30,32). The van der Waals surface area contributed by atoms with Crippen molar-refractivity contribution in [3.63, 3.8) is 0 Å². The molecule has 0 saturated heterocycles. The van der Waals surface area contributed by atoms with Crippen molar-refractivity contribution < 1.29 is 14.3 Å². The van der Waals surface area contributed by atoms with E-state index in [4.69, 9.17) is 15.5 Å². The number of benzene rings is 2. The molecule has 2 aromatic carbocycles. The topological polar surface area (TPSA) is 106 Å². The molecule has 5 rings (SSSR count). The molecule has 182 valence electrons. The first kappa shape index (κ1) is 23.4. The van der Waals surface area contributed by atoms with E-state index in [1.54, 1.807) is 23.5 Å². The van der Waals surface area contributed by atoms with E-state index in [9.17, 15) is 9.59 Å². The van der Waals surface area contributed by atoms with Crippen molar-refractivity contribution in [1.82, 2.24) is 4.98 Å². The lowest BCUT2D eigenvalue weighted by Gasteiger charge is -2.26. The minimum atomic E-state index is -0.513. The van der Waals surface area contributed by atoms with Crippen LogP contribution in [0.5, 0.6) is 0 Å². The average molecular weight is 491 g/mol. The molecule has 3 aromatic rings. The Hall–Kier alpha value is -3.39. The van der Waals surface area contributed by atoms with Gasteiger partial charge in [0.05, 0.1) is 11.4 Å². The van der Waals surface area contributed by atoms with Crippen LogP contribution < -0.4 is 16.4 Å². The largest absolute Gasteiger partial charge is 0.458 e. The lowest BCUT2D eigenvalue weighted by Crippen LogP contribution is -2.38. The summed E-state index contributed by atoms with van der Waals surface area (Å²) in [5.41, 5.74) is 8.18. The molecule has 1 aromatic heterocycles. The fraction of sp³-hybridized carbons (Fsp3) is 0.370. The van der Waals surface area contributed by atoms with Gasteiger partial charge in [-0.25, -0.2) is 9.78 Å². The number of nitrogens with one attached hydrogen (secondary N) is 2. The maximum Gasteiger partial charge on any atom is 0.329 e. The van der Waals surface area contributed by atoms with Crippen LogP contribution in [-0.4, -0.2) is 28.5 Å². The molecule has 1 fully saturated rings. The Morgan fingerprint density at radius 1 is 1.14 bits per heavy atom. The fourth-order valence-corrected chi connectivity index (χ4v) is 5.71. The van der Waals surface area contributed by atoms with Gasteiger partial charge < -0.3 is 21.1 Å². The monoisotopic (exact) mass is 490 g/mol.